The van der Waals surface area contributed by atoms with Crippen LogP contribution in [0.1, 0.15) is 32.9 Å². The maximum absolute atomic E-state index is 11.3. The van der Waals surface area contributed by atoms with E-state index in [0.717, 1.165) is 0 Å². The second kappa shape index (κ2) is 4.33. The molecule has 0 amide bonds. The van der Waals surface area contributed by atoms with E-state index in [9.17, 15) is 9.59 Å². The fourth-order valence-corrected chi connectivity index (χ4v) is 1.13. The third kappa shape index (κ3) is 4.49. The van der Waals surface area contributed by atoms with Crippen molar-refractivity contribution in [1.82, 2.24) is 9.97 Å². The normalized spacial score (nSPS) is 11.4. The van der Waals surface area contributed by atoms with Crippen molar-refractivity contribution in [3.63, 3.8) is 0 Å². The molecule has 0 aromatic carbocycles. The van der Waals surface area contributed by atoms with E-state index in [-0.39, 0.29) is 18.1 Å². The lowest BCUT2D eigenvalue weighted by Gasteiger charge is -2.19. The minimum atomic E-state index is -0.456. The number of aromatic nitrogens is 2. The molecule has 0 radical (unpaired) electrons. The average Bonchev–Trinajstić information content (AvgIpc) is 2.45. The van der Waals surface area contributed by atoms with Crippen molar-refractivity contribution in [3.05, 3.63) is 22.4 Å². The van der Waals surface area contributed by atoms with Gasteiger partial charge in [-0.2, -0.15) is 0 Å². The Balaban J connectivity index is 2.38. The van der Waals surface area contributed by atoms with Gasteiger partial charge in [-0.1, -0.05) is 0 Å². The summed E-state index contributed by atoms with van der Waals surface area (Å²) in [6, 6.07) is 0. The summed E-state index contributed by atoms with van der Waals surface area (Å²) in [6.07, 6.45) is 2.31. The highest BCUT2D eigenvalue weighted by atomic mass is 16.6. The van der Waals surface area contributed by atoms with Crippen LogP contribution in [0.25, 0.3) is 0 Å². The largest absolute Gasteiger partial charge is 0.460 e. The molecule has 0 aliphatic carbocycles. The smallest absolute Gasteiger partial charge is 0.323 e. The van der Waals surface area contributed by atoms with Crippen molar-refractivity contribution in [1.29, 1.82) is 0 Å². The lowest BCUT2D eigenvalue weighted by atomic mass is 10.2. The Morgan fingerprint density at radius 1 is 1.47 bits per heavy atom. The van der Waals surface area contributed by atoms with Gasteiger partial charge in [0.25, 0.3) is 0 Å². The van der Waals surface area contributed by atoms with Gasteiger partial charge in [0.2, 0.25) is 0 Å². The third-order valence-corrected chi connectivity index (χ3v) is 1.67. The number of hydrogen-bond acceptors (Lipinski definition) is 3. The van der Waals surface area contributed by atoms with Crippen LogP contribution in [0.4, 0.5) is 0 Å². The van der Waals surface area contributed by atoms with Crippen molar-refractivity contribution >= 4 is 5.97 Å². The summed E-state index contributed by atoms with van der Waals surface area (Å²) in [5.41, 5.74) is 0.00266. The molecule has 0 saturated heterocycles. The summed E-state index contributed by atoms with van der Waals surface area (Å²) >= 11 is 0. The molecule has 0 saturated carbocycles. The molecule has 0 unspecified atom stereocenters. The van der Waals surface area contributed by atoms with E-state index in [1.807, 2.05) is 20.8 Å². The van der Waals surface area contributed by atoms with E-state index in [1.165, 1.54) is 0 Å². The Morgan fingerprint density at radius 2 is 2.13 bits per heavy atom. The number of aromatic amines is 2. The number of esters is 1. The van der Waals surface area contributed by atoms with Gasteiger partial charge in [-0.05, 0) is 27.2 Å². The van der Waals surface area contributed by atoms with E-state index in [4.69, 9.17) is 4.74 Å². The molecular formula is C10H16N2O3. The molecule has 0 aliphatic heterocycles. The molecule has 1 rings (SSSR count). The molecule has 2 N–H and O–H groups in total. The molecule has 15 heavy (non-hydrogen) atoms. The molecule has 1 aromatic heterocycles. The van der Waals surface area contributed by atoms with Gasteiger partial charge in [-0.15, -0.1) is 0 Å². The number of nitrogens with one attached hydrogen (secondary N) is 2. The Bertz CT molecular complexity index is 384. The van der Waals surface area contributed by atoms with Crippen molar-refractivity contribution in [2.75, 3.05) is 0 Å². The van der Waals surface area contributed by atoms with Crippen molar-refractivity contribution in [2.45, 2.75) is 39.2 Å². The first-order valence-electron chi connectivity index (χ1n) is 4.85. The highest BCUT2D eigenvalue weighted by Gasteiger charge is 2.15. The number of imidazole rings is 1. The van der Waals surface area contributed by atoms with Crippen LogP contribution in [0, 0.1) is 0 Å². The minimum Gasteiger partial charge on any atom is -0.460 e. The predicted molar refractivity (Wildman–Crippen MR) is 55.6 cm³/mol. The Hall–Kier alpha value is -1.52. The van der Waals surface area contributed by atoms with Crippen LogP contribution in [-0.4, -0.2) is 21.5 Å². The molecule has 1 aromatic rings. The van der Waals surface area contributed by atoms with Crippen molar-refractivity contribution < 1.29 is 9.53 Å². The molecule has 0 bridgehead atoms. The van der Waals surface area contributed by atoms with Gasteiger partial charge in [0.1, 0.15) is 5.60 Å². The topological polar surface area (TPSA) is 75.0 Å². The number of H-pyrrole nitrogens is 2. The maximum Gasteiger partial charge on any atom is 0.323 e. The summed E-state index contributed by atoms with van der Waals surface area (Å²) in [5.74, 6) is -0.260. The molecule has 84 valence electrons. The Morgan fingerprint density at radius 3 is 2.60 bits per heavy atom. The summed E-state index contributed by atoms with van der Waals surface area (Å²) in [6.45, 7) is 5.47. The second-order valence-corrected chi connectivity index (χ2v) is 4.35. The van der Waals surface area contributed by atoms with E-state index in [1.54, 1.807) is 6.20 Å². The monoisotopic (exact) mass is 212 g/mol. The van der Waals surface area contributed by atoms with Gasteiger partial charge < -0.3 is 14.7 Å². The zero-order valence-corrected chi connectivity index (χ0v) is 9.22. The highest BCUT2D eigenvalue weighted by molar-refractivity contribution is 5.70. The number of ether oxygens (including phenoxy) is 1. The van der Waals surface area contributed by atoms with Crippen LogP contribution in [0.2, 0.25) is 0 Å². The van der Waals surface area contributed by atoms with E-state index in [2.05, 4.69) is 9.97 Å². The molecule has 0 atom stereocenters. The van der Waals surface area contributed by atoms with Gasteiger partial charge in [-0.25, -0.2) is 4.79 Å². The molecule has 0 aliphatic rings. The predicted octanol–water partition coefficient (Wildman–Crippen LogP) is 0.977. The molecule has 5 heteroatoms. The Labute approximate surface area is 87.9 Å². The summed E-state index contributed by atoms with van der Waals surface area (Å²) < 4.78 is 5.13. The number of aryl methyl sites for hydroxylation is 1. The zero-order valence-electron chi connectivity index (χ0n) is 9.22. The van der Waals surface area contributed by atoms with Crippen molar-refractivity contribution in [2.24, 2.45) is 0 Å². The molecular weight excluding hydrogens is 196 g/mol. The number of hydrogen-bond donors (Lipinski definition) is 2. The standard InChI is InChI=1S/C10H16N2O3/c1-10(2,3)15-8(13)5-4-7-6-11-9(14)12-7/h6H,4-5H2,1-3H3,(H2,11,12,14). The van der Waals surface area contributed by atoms with E-state index >= 15 is 0 Å². The second-order valence-electron chi connectivity index (χ2n) is 4.35. The van der Waals surface area contributed by atoms with Gasteiger partial charge in [0.15, 0.2) is 0 Å². The molecule has 5 nitrogen and oxygen atoms in total. The SMILES string of the molecule is CC(C)(C)OC(=O)CCc1c[nH]c(=O)[nH]1. The minimum absolute atomic E-state index is 0.255. The average molecular weight is 212 g/mol. The fourth-order valence-electron chi connectivity index (χ4n) is 1.13. The van der Waals surface area contributed by atoms with Crippen LogP contribution >= 0.6 is 0 Å². The van der Waals surface area contributed by atoms with Gasteiger partial charge in [0.05, 0.1) is 6.42 Å². The third-order valence-electron chi connectivity index (χ3n) is 1.67. The van der Waals surface area contributed by atoms with Gasteiger partial charge in [0, 0.05) is 11.9 Å². The molecule has 0 spiro atoms. The van der Waals surface area contributed by atoms with Crippen LogP contribution in [-0.2, 0) is 16.0 Å². The first-order valence-corrected chi connectivity index (χ1v) is 4.85. The first kappa shape index (κ1) is 11.6. The number of rotatable bonds is 3. The lowest BCUT2D eigenvalue weighted by molar-refractivity contribution is -0.154. The van der Waals surface area contributed by atoms with E-state index in [0.29, 0.717) is 12.1 Å². The van der Waals surface area contributed by atoms with Gasteiger partial charge >= 0.3 is 11.7 Å². The van der Waals surface area contributed by atoms with Gasteiger partial charge in [-0.3, -0.25) is 4.79 Å². The maximum atomic E-state index is 11.3. The summed E-state index contributed by atoms with van der Waals surface area (Å²) in [4.78, 5) is 27.1. The highest BCUT2D eigenvalue weighted by Crippen LogP contribution is 2.09. The van der Waals surface area contributed by atoms with Crippen LogP contribution in [0.5, 0.6) is 0 Å². The van der Waals surface area contributed by atoms with Crippen LogP contribution < -0.4 is 5.69 Å². The fraction of sp³-hybridized carbons (Fsp3) is 0.600. The zero-order chi connectivity index (χ0) is 11.5. The summed E-state index contributed by atoms with van der Waals surface area (Å²) in [7, 11) is 0. The van der Waals surface area contributed by atoms with Crippen LogP contribution in [0.15, 0.2) is 11.0 Å². The van der Waals surface area contributed by atoms with Crippen LogP contribution in [0.3, 0.4) is 0 Å². The number of carbonyl (C=O) groups is 1. The quantitative estimate of drug-likeness (QED) is 0.733. The number of carbonyl (C=O) groups excluding carboxylic acids is 1. The van der Waals surface area contributed by atoms with E-state index < -0.39 is 5.60 Å². The molecule has 1 heterocycles. The first-order chi connectivity index (χ1) is 6.87. The summed E-state index contributed by atoms with van der Waals surface area (Å²) in [5, 5.41) is 0. The van der Waals surface area contributed by atoms with Crippen molar-refractivity contribution in [3.8, 4) is 0 Å². The molecule has 0 fully saturated rings. The lowest BCUT2D eigenvalue weighted by Crippen LogP contribution is -2.24. The Kier molecular flexibility index (Phi) is 3.34.